The number of nitrogen functional groups attached to an aromatic ring is 1. The number of alkyl halides is 3. The number of rotatable bonds is 3. The maximum absolute atomic E-state index is 14.0. The molecule has 3 atom stereocenters. The number of nitrogens with two attached hydrogens (primary N) is 1. The molecule has 1 aliphatic rings. The first kappa shape index (κ1) is 16.2. The van der Waals surface area contributed by atoms with Crippen LogP contribution in [0.2, 0.25) is 0 Å². The molecule has 21 heavy (non-hydrogen) atoms. The van der Waals surface area contributed by atoms with Crippen molar-refractivity contribution in [3.8, 4) is 0 Å². The monoisotopic (exact) mass is 341 g/mol. The lowest BCUT2D eigenvalue weighted by molar-refractivity contribution is -0.140. The van der Waals surface area contributed by atoms with Gasteiger partial charge >= 0.3 is 11.6 Å². The molecule has 0 spiro atoms. The van der Waals surface area contributed by atoms with E-state index in [0.717, 1.165) is 11.7 Å². The lowest BCUT2D eigenvalue weighted by Crippen LogP contribution is -2.41. The molecule has 0 aromatic carbocycles. The van der Waals surface area contributed by atoms with Crippen molar-refractivity contribution in [2.24, 2.45) is 0 Å². The largest absolute Gasteiger partial charge is 0.384 e. The van der Waals surface area contributed by atoms with Crippen LogP contribution in [0.1, 0.15) is 11.8 Å². The zero-order chi connectivity index (χ0) is 15.8. The van der Waals surface area contributed by atoms with Crippen LogP contribution in [0.25, 0.3) is 6.08 Å². The van der Waals surface area contributed by atoms with Gasteiger partial charge in [0.15, 0.2) is 0 Å². The number of halogens is 4. The van der Waals surface area contributed by atoms with E-state index in [9.17, 15) is 18.7 Å². The number of aliphatic hydroxyl groups is 1. The van der Waals surface area contributed by atoms with Crippen molar-refractivity contribution in [1.29, 1.82) is 0 Å². The number of nitrogens with zero attached hydrogens (tertiary/aromatic N) is 2. The highest BCUT2D eigenvalue weighted by Crippen LogP contribution is 2.42. The Hall–Kier alpha value is -1.22. The van der Waals surface area contributed by atoms with E-state index in [0.29, 0.717) is 4.57 Å². The highest BCUT2D eigenvalue weighted by atomic mass is 35.5. The van der Waals surface area contributed by atoms with E-state index in [1.54, 1.807) is 0 Å². The summed E-state index contributed by atoms with van der Waals surface area (Å²) in [5, 5.41) is 9.51. The molecular weight excluding hydrogens is 331 g/mol. The maximum atomic E-state index is 14.0. The lowest BCUT2D eigenvalue weighted by atomic mass is 10.1. The third-order valence-electron chi connectivity index (χ3n) is 3.04. The molecule has 2 rings (SSSR count). The second-order valence-electron chi connectivity index (χ2n) is 4.36. The van der Waals surface area contributed by atoms with Gasteiger partial charge in [0.25, 0.3) is 0 Å². The van der Waals surface area contributed by atoms with E-state index in [1.807, 2.05) is 0 Å². The van der Waals surface area contributed by atoms with Gasteiger partial charge in [-0.15, -0.1) is 11.6 Å². The molecule has 0 unspecified atom stereocenters. The van der Waals surface area contributed by atoms with E-state index in [2.05, 4.69) is 4.98 Å². The number of aliphatic hydroxyl groups excluding tert-OH is 1. The highest BCUT2D eigenvalue weighted by molar-refractivity contribution is 6.27. The molecular formula is C11H11Cl2F2N3O3. The van der Waals surface area contributed by atoms with E-state index in [-0.39, 0.29) is 17.3 Å². The van der Waals surface area contributed by atoms with Gasteiger partial charge in [0.05, 0.1) is 5.88 Å². The summed E-state index contributed by atoms with van der Waals surface area (Å²) in [5.41, 5.74) is 5.70. The summed E-state index contributed by atoms with van der Waals surface area (Å²) >= 11 is 10.9. The zero-order valence-corrected chi connectivity index (χ0v) is 11.9. The van der Waals surface area contributed by atoms with Crippen molar-refractivity contribution in [3.05, 3.63) is 27.8 Å². The van der Waals surface area contributed by atoms with Crippen molar-refractivity contribution in [2.45, 2.75) is 24.4 Å². The molecule has 1 fully saturated rings. The van der Waals surface area contributed by atoms with Crippen LogP contribution >= 0.6 is 23.2 Å². The quantitative estimate of drug-likeness (QED) is 0.805. The van der Waals surface area contributed by atoms with Gasteiger partial charge in [-0.25, -0.2) is 4.79 Å². The summed E-state index contributed by atoms with van der Waals surface area (Å²) in [7, 11) is 0. The van der Waals surface area contributed by atoms with Crippen molar-refractivity contribution in [3.63, 3.8) is 0 Å². The molecule has 0 amide bonds. The fraction of sp³-hybridized carbons (Fsp3) is 0.455. The van der Waals surface area contributed by atoms with E-state index < -0.39 is 30.0 Å². The number of anilines is 1. The summed E-state index contributed by atoms with van der Waals surface area (Å²) in [5.74, 6) is -4.22. The first-order chi connectivity index (χ1) is 9.82. The zero-order valence-electron chi connectivity index (χ0n) is 10.4. The van der Waals surface area contributed by atoms with Gasteiger partial charge in [0.1, 0.15) is 18.0 Å². The van der Waals surface area contributed by atoms with Gasteiger partial charge in [0.2, 0.25) is 6.23 Å². The Morgan fingerprint density at radius 3 is 2.81 bits per heavy atom. The average molecular weight is 342 g/mol. The van der Waals surface area contributed by atoms with Gasteiger partial charge in [-0.05, 0) is 6.08 Å². The van der Waals surface area contributed by atoms with Crippen LogP contribution in [0, 0.1) is 0 Å². The predicted molar refractivity (Wildman–Crippen MR) is 73.4 cm³/mol. The number of hydrogen-bond donors (Lipinski definition) is 2. The Morgan fingerprint density at radius 1 is 1.62 bits per heavy atom. The Balaban J connectivity index is 2.51. The molecule has 10 heteroatoms. The van der Waals surface area contributed by atoms with Crippen LogP contribution in [-0.4, -0.2) is 38.7 Å². The number of ether oxygens (including phenoxy) is 1. The van der Waals surface area contributed by atoms with Crippen LogP contribution in [-0.2, 0) is 4.74 Å². The third kappa shape index (κ3) is 2.76. The lowest BCUT2D eigenvalue weighted by Gasteiger charge is -2.21. The van der Waals surface area contributed by atoms with Crippen LogP contribution in [0.15, 0.2) is 16.5 Å². The molecule has 0 radical (unpaired) electrons. The Bertz CT molecular complexity index is 623. The summed E-state index contributed by atoms with van der Waals surface area (Å²) in [4.78, 5) is 15.2. The van der Waals surface area contributed by atoms with Gasteiger partial charge in [-0.2, -0.15) is 13.8 Å². The molecule has 3 N–H and O–H groups in total. The summed E-state index contributed by atoms with van der Waals surface area (Å²) in [6, 6.07) is 0. The molecule has 116 valence electrons. The summed E-state index contributed by atoms with van der Waals surface area (Å²) in [6.45, 7) is 0. The van der Waals surface area contributed by atoms with Crippen molar-refractivity contribution >= 4 is 35.1 Å². The SMILES string of the molecule is Nc1nc(=O)n([C@@H]2O[C@H](CCl)[C@@H](O)C2(F)F)cc1/C=C/Cl. The molecule has 6 nitrogen and oxygen atoms in total. The summed E-state index contributed by atoms with van der Waals surface area (Å²) < 4.78 is 33.6. The standard InChI is InChI=1S/C11H11Cl2F2N3O3/c12-2-1-5-4-18(10(20)17-8(5)16)9-11(14,15)7(19)6(3-13)21-9/h1-2,4,6-7,9,19H,3H2,(H2,16,17,20)/b2-1+/t6-,7-,9-/m1/s1. The van der Waals surface area contributed by atoms with Gasteiger partial charge in [0, 0.05) is 17.3 Å². The second-order valence-corrected chi connectivity index (χ2v) is 4.93. The smallest absolute Gasteiger partial charge is 0.351 e. The third-order valence-corrected chi connectivity index (χ3v) is 3.47. The first-order valence-electron chi connectivity index (χ1n) is 5.75. The Morgan fingerprint density at radius 2 is 2.29 bits per heavy atom. The first-order valence-corrected chi connectivity index (χ1v) is 6.72. The molecule has 0 saturated carbocycles. The minimum atomic E-state index is -3.71. The van der Waals surface area contributed by atoms with Gasteiger partial charge in [-0.3, -0.25) is 4.57 Å². The van der Waals surface area contributed by atoms with Crippen molar-refractivity contribution in [1.82, 2.24) is 9.55 Å². The number of aromatic nitrogens is 2. The minimum absolute atomic E-state index is 0.160. The molecule has 0 aliphatic carbocycles. The van der Waals surface area contributed by atoms with Crippen molar-refractivity contribution < 1.29 is 18.6 Å². The fourth-order valence-electron chi connectivity index (χ4n) is 1.96. The van der Waals surface area contributed by atoms with E-state index in [1.165, 1.54) is 6.08 Å². The van der Waals surface area contributed by atoms with Crippen LogP contribution < -0.4 is 11.4 Å². The van der Waals surface area contributed by atoms with E-state index in [4.69, 9.17) is 33.7 Å². The normalized spacial score (nSPS) is 28.3. The molecule has 1 aliphatic heterocycles. The maximum Gasteiger partial charge on any atom is 0.351 e. The Labute approximate surface area is 127 Å². The molecule has 0 bridgehead atoms. The number of hydrogen-bond acceptors (Lipinski definition) is 5. The molecule has 1 saturated heterocycles. The molecule has 2 heterocycles. The van der Waals surface area contributed by atoms with Crippen molar-refractivity contribution in [2.75, 3.05) is 11.6 Å². The fourth-order valence-corrected chi connectivity index (χ4v) is 2.33. The highest BCUT2D eigenvalue weighted by Gasteiger charge is 2.59. The Kier molecular flexibility index (Phi) is 4.52. The predicted octanol–water partition coefficient (Wildman–Crippen LogP) is 1.17. The second kappa shape index (κ2) is 5.88. The van der Waals surface area contributed by atoms with E-state index >= 15 is 0 Å². The average Bonchev–Trinajstić information content (AvgIpc) is 2.65. The molecule has 1 aromatic rings. The van der Waals surface area contributed by atoms with Crippen LogP contribution in [0.3, 0.4) is 0 Å². The topological polar surface area (TPSA) is 90.4 Å². The molecule has 1 aromatic heterocycles. The van der Waals surface area contributed by atoms with Crippen LogP contribution in [0.5, 0.6) is 0 Å². The van der Waals surface area contributed by atoms with Gasteiger partial charge < -0.3 is 15.6 Å². The minimum Gasteiger partial charge on any atom is -0.384 e. The summed E-state index contributed by atoms with van der Waals surface area (Å²) in [6.07, 6.45) is -3.15. The van der Waals surface area contributed by atoms with Crippen LogP contribution in [0.4, 0.5) is 14.6 Å². The van der Waals surface area contributed by atoms with Gasteiger partial charge in [-0.1, -0.05) is 11.6 Å².